The van der Waals surface area contributed by atoms with Crippen LogP contribution in [0.1, 0.15) is 44.6 Å². The van der Waals surface area contributed by atoms with Crippen LogP contribution in [-0.2, 0) is 16.1 Å². The molecule has 22 heavy (non-hydrogen) atoms. The lowest BCUT2D eigenvalue weighted by Gasteiger charge is -2.21. The zero-order chi connectivity index (χ0) is 15.9. The first-order valence-electron chi connectivity index (χ1n) is 7.84. The number of nitrogens with zero attached hydrogens (tertiary/aromatic N) is 1. The van der Waals surface area contributed by atoms with Crippen molar-refractivity contribution in [3.63, 3.8) is 0 Å². The molecule has 1 saturated carbocycles. The Bertz CT molecular complexity index is 510. The van der Waals surface area contributed by atoms with Crippen molar-refractivity contribution in [1.82, 2.24) is 10.2 Å². The molecule has 1 N–H and O–H groups in total. The Morgan fingerprint density at radius 1 is 1.23 bits per heavy atom. The zero-order valence-corrected chi connectivity index (χ0v) is 13.7. The first-order valence-corrected chi connectivity index (χ1v) is 8.21. The van der Waals surface area contributed by atoms with Crippen molar-refractivity contribution in [3.05, 3.63) is 34.9 Å². The van der Waals surface area contributed by atoms with E-state index < -0.39 is 0 Å². The van der Waals surface area contributed by atoms with Crippen LogP contribution in [0.15, 0.2) is 24.3 Å². The first-order chi connectivity index (χ1) is 10.5. The van der Waals surface area contributed by atoms with E-state index in [9.17, 15) is 9.59 Å². The summed E-state index contributed by atoms with van der Waals surface area (Å²) in [5, 5.41) is 3.73. The van der Waals surface area contributed by atoms with E-state index in [4.69, 9.17) is 11.6 Å². The number of nitrogens with one attached hydrogen (secondary N) is 1. The van der Waals surface area contributed by atoms with E-state index in [-0.39, 0.29) is 11.8 Å². The van der Waals surface area contributed by atoms with Gasteiger partial charge in [-0.15, -0.1) is 0 Å². The fourth-order valence-corrected chi connectivity index (χ4v) is 2.89. The minimum Gasteiger partial charge on any atom is -0.353 e. The third-order valence-electron chi connectivity index (χ3n) is 4.06. The average Bonchev–Trinajstić information content (AvgIpc) is 2.98. The molecular weight excluding hydrogens is 300 g/mol. The van der Waals surface area contributed by atoms with Crippen molar-refractivity contribution >= 4 is 23.4 Å². The van der Waals surface area contributed by atoms with Crippen LogP contribution in [-0.4, -0.2) is 29.3 Å². The predicted octanol–water partition coefficient (Wildman–Crippen LogP) is 3.14. The Hall–Kier alpha value is -1.55. The van der Waals surface area contributed by atoms with Gasteiger partial charge in [0.05, 0.1) is 0 Å². The van der Waals surface area contributed by atoms with Crippen LogP contribution in [0.25, 0.3) is 0 Å². The molecule has 1 aliphatic carbocycles. The molecule has 0 radical (unpaired) electrons. The molecule has 1 aromatic carbocycles. The Labute approximate surface area is 136 Å². The molecular formula is C17H23ClN2O2. The van der Waals surface area contributed by atoms with Crippen LogP contribution in [0, 0.1) is 0 Å². The summed E-state index contributed by atoms with van der Waals surface area (Å²) < 4.78 is 0. The van der Waals surface area contributed by atoms with E-state index in [1.54, 1.807) is 4.90 Å². The third-order valence-corrected chi connectivity index (χ3v) is 4.31. The Morgan fingerprint density at radius 2 is 1.86 bits per heavy atom. The molecule has 0 bridgehead atoms. The summed E-state index contributed by atoms with van der Waals surface area (Å²) in [5.74, 6) is 0.0119. The lowest BCUT2D eigenvalue weighted by Crippen LogP contribution is -2.36. The lowest BCUT2D eigenvalue weighted by atomic mass is 10.2. The molecule has 2 rings (SSSR count). The maximum absolute atomic E-state index is 12.0. The monoisotopic (exact) mass is 322 g/mol. The molecule has 0 aliphatic heterocycles. The summed E-state index contributed by atoms with van der Waals surface area (Å²) in [6.45, 7) is 2.48. The number of carbonyl (C=O) groups is 2. The molecule has 0 atom stereocenters. The second-order valence-electron chi connectivity index (χ2n) is 5.87. The van der Waals surface area contributed by atoms with Gasteiger partial charge in [0.1, 0.15) is 0 Å². The first kappa shape index (κ1) is 16.8. The largest absolute Gasteiger partial charge is 0.353 e. The van der Waals surface area contributed by atoms with Crippen LogP contribution in [0.4, 0.5) is 0 Å². The highest BCUT2D eigenvalue weighted by molar-refractivity contribution is 6.30. The summed E-state index contributed by atoms with van der Waals surface area (Å²) in [5.41, 5.74) is 1.01. The van der Waals surface area contributed by atoms with Gasteiger partial charge in [0.2, 0.25) is 11.8 Å². The standard InChI is InChI=1S/C17H23ClN2O2/c1-13(21)20(12-14-6-8-15(18)9-7-14)11-10-17(22)19-16-4-2-3-5-16/h6-9,16H,2-5,10-12H2,1H3,(H,19,22). The number of halogens is 1. The highest BCUT2D eigenvalue weighted by atomic mass is 35.5. The minimum absolute atomic E-state index is 0.0244. The van der Waals surface area contributed by atoms with E-state index in [1.807, 2.05) is 24.3 Å². The van der Waals surface area contributed by atoms with Gasteiger partial charge < -0.3 is 10.2 Å². The zero-order valence-electron chi connectivity index (χ0n) is 13.0. The molecule has 1 aromatic rings. The van der Waals surface area contributed by atoms with Gasteiger partial charge in [-0.3, -0.25) is 9.59 Å². The summed E-state index contributed by atoms with van der Waals surface area (Å²) in [6, 6.07) is 7.74. The van der Waals surface area contributed by atoms with E-state index >= 15 is 0 Å². The minimum atomic E-state index is -0.0244. The van der Waals surface area contributed by atoms with Crippen LogP contribution >= 0.6 is 11.6 Å². The second-order valence-corrected chi connectivity index (χ2v) is 6.30. The fraction of sp³-hybridized carbons (Fsp3) is 0.529. The molecule has 0 heterocycles. The quantitative estimate of drug-likeness (QED) is 0.874. The smallest absolute Gasteiger partial charge is 0.221 e. The summed E-state index contributed by atoms with van der Waals surface area (Å²) in [7, 11) is 0. The van der Waals surface area contributed by atoms with Crippen LogP contribution in [0.2, 0.25) is 5.02 Å². The average molecular weight is 323 g/mol. The highest BCUT2D eigenvalue weighted by Gasteiger charge is 2.18. The summed E-state index contributed by atoms with van der Waals surface area (Å²) >= 11 is 5.86. The number of hydrogen-bond donors (Lipinski definition) is 1. The topological polar surface area (TPSA) is 49.4 Å². The van der Waals surface area contributed by atoms with Crippen molar-refractivity contribution < 1.29 is 9.59 Å². The molecule has 0 saturated heterocycles. The van der Waals surface area contributed by atoms with Crippen molar-refractivity contribution in [3.8, 4) is 0 Å². The molecule has 0 aromatic heterocycles. The van der Waals surface area contributed by atoms with Crippen molar-refractivity contribution in [2.75, 3.05) is 6.54 Å². The number of amides is 2. The van der Waals surface area contributed by atoms with Gasteiger partial charge in [0.15, 0.2) is 0 Å². The van der Waals surface area contributed by atoms with Crippen molar-refractivity contribution in [1.29, 1.82) is 0 Å². The van der Waals surface area contributed by atoms with Crippen molar-refractivity contribution in [2.45, 2.75) is 51.6 Å². The van der Waals surface area contributed by atoms with E-state index in [0.717, 1.165) is 18.4 Å². The third kappa shape index (κ3) is 5.34. The Balaban J connectivity index is 1.82. The van der Waals surface area contributed by atoms with E-state index in [2.05, 4.69) is 5.32 Å². The van der Waals surface area contributed by atoms with Gasteiger partial charge in [0.25, 0.3) is 0 Å². The van der Waals surface area contributed by atoms with Gasteiger partial charge in [-0.05, 0) is 30.5 Å². The van der Waals surface area contributed by atoms with E-state index in [1.165, 1.54) is 19.8 Å². The number of hydrogen-bond acceptors (Lipinski definition) is 2. The molecule has 1 fully saturated rings. The molecule has 5 heteroatoms. The van der Waals surface area contributed by atoms with Gasteiger partial charge >= 0.3 is 0 Å². The number of benzene rings is 1. The fourth-order valence-electron chi connectivity index (χ4n) is 2.76. The normalized spacial score (nSPS) is 14.8. The second kappa shape index (κ2) is 8.18. The number of rotatable bonds is 6. The molecule has 0 unspecified atom stereocenters. The van der Waals surface area contributed by atoms with E-state index in [0.29, 0.717) is 30.6 Å². The Kier molecular flexibility index (Phi) is 6.25. The maximum atomic E-state index is 12.0. The maximum Gasteiger partial charge on any atom is 0.221 e. The molecule has 4 nitrogen and oxygen atoms in total. The van der Waals surface area contributed by atoms with Gasteiger partial charge in [-0.25, -0.2) is 0 Å². The Morgan fingerprint density at radius 3 is 2.45 bits per heavy atom. The summed E-state index contributed by atoms with van der Waals surface area (Å²) in [6.07, 6.45) is 4.89. The summed E-state index contributed by atoms with van der Waals surface area (Å²) in [4.78, 5) is 25.4. The van der Waals surface area contributed by atoms with Crippen LogP contribution in [0.3, 0.4) is 0 Å². The molecule has 1 aliphatic rings. The molecule has 120 valence electrons. The molecule has 0 spiro atoms. The van der Waals surface area contributed by atoms with Gasteiger partial charge in [0, 0.05) is 37.5 Å². The van der Waals surface area contributed by atoms with Crippen molar-refractivity contribution in [2.24, 2.45) is 0 Å². The van der Waals surface area contributed by atoms with Gasteiger partial charge in [-0.2, -0.15) is 0 Å². The van der Waals surface area contributed by atoms with Crippen LogP contribution < -0.4 is 5.32 Å². The number of carbonyl (C=O) groups excluding carboxylic acids is 2. The lowest BCUT2D eigenvalue weighted by molar-refractivity contribution is -0.130. The van der Waals surface area contributed by atoms with Crippen LogP contribution in [0.5, 0.6) is 0 Å². The molecule has 2 amide bonds. The highest BCUT2D eigenvalue weighted by Crippen LogP contribution is 2.17. The van der Waals surface area contributed by atoms with Gasteiger partial charge in [-0.1, -0.05) is 36.6 Å². The SMILES string of the molecule is CC(=O)N(CCC(=O)NC1CCCC1)Cc1ccc(Cl)cc1. The predicted molar refractivity (Wildman–Crippen MR) is 87.6 cm³/mol.